The molecule has 0 aliphatic heterocycles. The highest BCUT2D eigenvalue weighted by atomic mass is 79.9. The number of halogens is 2. The molecule has 2 rings (SSSR count). The molecule has 0 spiro atoms. The third kappa shape index (κ3) is 2.24. The second-order valence-corrected chi connectivity index (χ2v) is 5.29. The van der Waals surface area contributed by atoms with Gasteiger partial charge in [0.05, 0.1) is 12.5 Å². The predicted molar refractivity (Wildman–Crippen MR) is 69.3 cm³/mol. The average molecular weight is 346 g/mol. The molecule has 0 radical (unpaired) electrons. The minimum Gasteiger partial charge on any atom is -0.472 e. The van der Waals surface area contributed by atoms with E-state index in [2.05, 4.69) is 31.9 Å². The van der Waals surface area contributed by atoms with Gasteiger partial charge in [-0.1, -0.05) is 31.9 Å². The number of aryl methyl sites for hydroxylation is 1. The molecule has 1 aromatic heterocycles. The highest BCUT2D eigenvalue weighted by Crippen LogP contribution is 2.32. The monoisotopic (exact) mass is 344 g/mol. The van der Waals surface area contributed by atoms with Crippen LogP contribution in [0, 0.1) is 6.92 Å². The van der Waals surface area contributed by atoms with Crippen LogP contribution in [0.4, 0.5) is 0 Å². The van der Waals surface area contributed by atoms with Crippen molar-refractivity contribution in [2.24, 2.45) is 0 Å². The van der Waals surface area contributed by atoms with Gasteiger partial charge in [0.25, 0.3) is 0 Å². The van der Waals surface area contributed by atoms with Crippen LogP contribution in [0.25, 0.3) is 0 Å². The van der Waals surface area contributed by atoms with Crippen molar-refractivity contribution in [3.8, 4) is 0 Å². The fourth-order valence-corrected chi connectivity index (χ4v) is 2.52. The zero-order chi connectivity index (χ0) is 11.7. The van der Waals surface area contributed by atoms with Crippen LogP contribution < -0.4 is 0 Å². The maximum Gasteiger partial charge on any atom is 0.108 e. The van der Waals surface area contributed by atoms with Crippen LogP contribution in [0.15, 0.2) is 44.1 Å². The first-order valence-electron chi connectivity index (χ1n) is 4.75. The Morgan fingerprint density at radius 3 is 2.62 bits per heavy atom. The van der Waals surface area contributed by atoms with E-state index in [9.17, 15) is 5.11 Å². The Labute approximate surface area is 111 Å². The van der Waals surface area contributed by atoms with Crippen molar-refractivity contribution >= 4 is 31.9 Å². The standard InChI is InChI=1S/C12H10Br2O2/c1-7-4-11(14)9(5-10(7)13)12(15)8-2-3-16-6-8/h2-6,12,15H,1H3. The van der Waals surface area contributed by atoms with Crippen molar-refractivity contribution in [3.63, 3.8) is 0 Å². The molecule has 1 unspecified atom stereocenters. The van der Waals surface area contributed by atoms with Crippen LogP contribution >= 0.6 is 31.9 Å². The lowest BCUT2D eigenvalue weighted by molar-refractivity contribution is 0.218. The van der Waals surface area contributed by atoms with E-state index in [1.54, 1.807) is 18.6 Å². The summed E-state index contributed by atoms with van der Waals surface area (Å²) in [6, 6.07) is 5.64. The summed E-state index contributed by atoms with van der Waals surface area (Å²) < 4.78 is 6.83. The van der Waals surface area contributed by atoms with Crippen molar-refractivity contribution < 1.29 is 9.52 Å². The number of hydrogen-bond acceptors (Lipinski definition) is 2. The molecule has 0 aliphatic rings. The molecule has 0 saturated heterocycles. The first kappa shape index (κ1) is 11.9. The van der Waals surface area contributed by atoms with Gasteiger partial charge in [0.2, 0.25) is 0 Å². The van der Waals surface area contributed by atoms with Crippen LogP contribution in [0.1, 0.15) is 22.8 Å². The normalized spacial score (nSPS) is 12.8. The van der Waals surface area contributed by atoms with Gasteiger partial charge in [-0.15, -0.1) is 0 Å². The SMILES string of the molecule is Cc1cc(Br)c(C(O)c2ccoc2)cc1Br. The molecule has 0 bridgehead atoms. The summed E-state index contributed by atoms with van der Waals surface area (Å²) in [7, 11) is 0. The van der Waals surface area contributed by atoms with Crippen molar-refractivity contribution in [1.82, 2.24) is 0 Å². The smallest absolute Gasteiger partial charge is 0.108 e. The van der Waals surface area contributed by atoms with Crippen molar-refractivity contribution in [2.75, 3.05) is 0 Å². The van der Waals surface area contributed by atoms with Crippen LogP contribution in [0.5, 0.6) is 0 Å². The first-order chi connectivity index (χ1) is 7.59. The van der Waals surface area contributed by atoms with E-state index in [0.717, 1.165) is 25.6 Å². The van der Waals surface area contributed by atoms with Gasteiger partial charge in [-0.2, -0.15) is 0 Å². The lowest BCUT2D eigenvalue weighted by Gasteiger charge is -2.12. The molecular formula is C12H10Br2O2. The summed E-state index contributed by atoms with van der Waals surface area (Å²) in [4.78, 5) is 0. The summed E-state index contributed by atoms with van der Waals surface area (Å²) in [5.41, 5.74) is 2.69. The number of aliphatic hydroxyl groups excluding tert-OH is 1. The molecule has 16 heavy (non-hydrogen) atoms. The number of benzene rings is 1. The highest BCUT2D eigenvalue weighted by molar-refractivity contribution is 9.11. The van der Waals surface area contributed by atoms with Gasteiger partial charge >= 0.3 is 0 Å². The third-order valence-corrected chi connectivity index (χ3v) is 3.97. The quantitative estimate of drug-likeness (QED) is 0.885. The second-order valence-electron chi connectivity index (χ2n) is 3.58. The van der Waals surface area contributed by atoms with Gasteiger partial charge in [0.15, 0.2) is 0 Å². The zero-order valence-electron chi connectivity index (χ0n) is 8.58. The van der Waals surface area contributed by atoms with E-state index in [-0.39, 0.29) is 0 Å². The lowest BCUT2D eigenvalue weighted by Crippen LogP contribution is -1.99. The van der Waals surface area contributed by atoms with Gasteiger partial charge in [-0.05, 0) is 30.7 Å². The molecule has 0 saturated carbocycles. The maximum atomic E-state index is 10.2. The van der Waals surface area contributed by atoms with Crippen LogP contribution in [-0.2, 0) is 0 Å². The minimum atomic E-state index is -0.676. The molecule has 84 valence electrons. The van der Waals surface area contributed by atoms with Crippen LogP contribution in [0.2, 0.25) is 0 Å². The molecule has 0 amide bonds. The molecule has 4 heteroatoms. The molecule has 2 aromatic rings. The van der Waals surface area contributed by atoms with E-state index in [1.807, 2.05) is 19.1 Å². The van der Waals surface area contributed by atoms with Gasteiger partial charge in [0, 0.05) is 20.1 Å². The molecule has 2 nitrogen and oxygen atoms in total. The number of furan rings is 1. The average Bonchev–Trinajstić information content (AvgIpc) is 2.75. The summed E-state index contributed by atoms with van der Waals surface area (Å²) in [5.74, 6) is 0. The van der Waals surface area contributed by atoms with E-state index >= 15 is 0 Å². The number of rotatable bonds is 2. The molecule has 1 N–H and O–H groups in total. The first-order valence-corrected chi connectivity index (χ1v) is 6.34. The van der Waals surface area contributed by atoms with Crippen molar-refractivity contribution in [3.05, 3.63) is 56.4 Å². The Morgan fingerprint density at radius 2 is 2.00 bits per heavy atom. The fraction of sp³-hybridized carbons (Fsp3) is 0.167. The summed E-state index contributed by atoms with van der Waals surface area (Å²) >= 11 is 6.91. The summed E-state index contributed by atoms with van der Waals surface area (Å²) in [5, 5.41) is 10.2. The molecule has 0 aliphatic carbocycles. The maximum absolute atomic E-state index is 10.2. The Balaban J connectivity index is 2.44. The Morgan fingerprint density at radius 1 is 1.25 bits per heavy atom. The van der Waals surface area contributed by atoms with Crippen LogP contribution in [-0.4, -0.2) is 5.11 Å². The van der Waals surface area contributed by atoms with E-state index < -0.39 is 6.10 Å². The van der Waals surface area contributed by atoms with Gasteiger partial charge < -0.3 is 9.52 Å². The van der Waals surface area contributed by atoms with Gasteiger partial charge in [-0.25, -0.2) is 0 Å². The Bertz CT molecular complexity index is 492. The molecule has 1 atom stereocenters. The number of aliphatic hydroxyl groups is 1. The van der Waals surface area contributed by atoms with E-state index in [4.69, 9.17) is 4.42 Å². The molecule has 0 fully saturated rings. The van der Waals surface area contributed by atoms with Crippen molar-refractivity contribution in [2.45, 2.75) is 13.0 Å². The van der Waals surface area contributed by atoms with Crippen molar-refractivity contribution in [1.29, 1.82) is 0 Å². The molecule has 1 aromatic carbocycles. The van der Waals surface area contributed by atoms with Gasteiger partial charge in [-0.3, -0.25) is 0 Å². The van der Waals surface area contributed by atoms with E-state index in [1.165, 1.54) is 0 Å². The Kier molecular flexibility index (Phi) is 3.52. The molecular weight excluding hydrogens is 336 g/mol. The minimum absolute atomic E-state index is 0.676. The topological polar surface area (TPSA) is 33.4 Å². The molecule has 1 heterocycles. The highest BCUT2D eigenvalue weighted by Gasteiger charge is 2.16. The van der Waals surface area contributed by atoms with E-state index in [0.29, 0.717) is 0 Å². The Hall–Kier alpha value is -0.580. The number of hydrogen-bond donors (Lipinski definition) is 1. The summed E-state index contributed by atoms with van der Waals surface area (Å²) in [6.45, 7) is 2.00. The third-order valence-electron chi connectivity index (χ3n) is 2.43. The lowest BCUT2D eigenvalue weighted by atomic mass is 10.0. The van der Waals surface area contributed by atoms with Gasteiger partial charge in [0.1, 0.15) is 6.10 Å². The van der Waals surface area contributed by atoms with Crippen LogP contribution in [0.3, 0.4) is 0 Å². The zero-order valence-corrected chi connectivity index (χ0v) is 11.7. The summed E-state index contributed by atoms with van der Waals surface area (Å²) in [6.07, 6.45) is 2.42. The largest absolute Gasteiger partial charge is 0.472 e. The predicted octanol–water partition coefficient (Wildman–Crippen LogP) is 4.19. The fourth-order valence-electron chi connectivity index (χ4n) is 1.48. The second kappa shape index (κ2) is 4.73.